The van der Waals surface area contributed by atoms with Crippen LogP contribution >= 0.6 is 11.8 Å². The van der Waals surface area contributed by atoms with Crippen molar-refractivity contribution in [3.8, 4) is 0 Å². The number of aliphatic carboxylic acids is 1. The molecule has 13 nitrogen and oxygen atoms in total. The number of rotatable bonds is 9. The van der Waals surface area contributed by atoms with Gasteiger partial charge in [0.2, 0.25) is 5.91 Å². The molecular weight excluding hydrogens is 634 g/mol. The number of hydrogen-bond donors (Lipinski definition) is 2. The third kappa shape index (κ3) is 9.05. The molecule has 44 heavy (non-hydrogen) atoms. The number of urea groups is 1. The average molecular weight is 659 g/mol. The predicted molar refractivity (Wildman–Crippen MR) is 148 cm³/mol. The summed E-state index contributed by atoms with van der Waals surface area (Å²) in [7, 11) is -3.61. The molecule has 2 aliphatic rings. The molecule has 0 bridgehead atoms. The molecule has 0 aromatic heterocycles. The second kappa shape index (κ2) is 16.2. The van der Waals surface area contributed by atoms with Gasteiger partial charge >= 0.3 is 65.1 Å². The Bertz CT molecular complexity index is 1590. The topological polar surface area (TPSA) is 196 Å². The minimum atomic E-state index is -4.83. The first-order valence-corrected chi connectivity index (χ1v) is 15.0. The van der Waals surface area contributed by atoms with Gasteiger partial charge in [0, 0.05) is 18.9 Å². The van der Waals surface area contributed by atoms with Crippen molar-refractivity contribution in [2.75, 3.05) is 18.6 Å². The second-order valence-electron chi connectivity index (χ2n) is 9.27. The normalized spacial score (nSPS) is 18.1. The van der Waals surface area contributed by atoms with Gasteiger partial charge in [-0.1, -0.05) is 60.7 Å². The first-order valence-electron chi connectivity index (χ1n) is 12.4. The molecule has 2 aromatic rings. The van der Waals surface area contributed by atoms with Gasteiger partial charge in [-0.2, -0.15) is 0 Å². The van der Waals surface area contributed by atoms with Crippen molar-refractivity contribution >= 4 is 57.7 Å². The van der Waals surface area contributed by atoms with Crippen molar-refractivity contribution in [3.05, 3.63) is 89.1 Å². The fraction of sp³-hybridized carbons (Fsp3) is 0.222. The van der Waals surface area contributed by atoms with Crippen LogP contribution in [0, 0.1) is 0 Å². The monoisotopic (exact) mass is 658 g/mol. The molecule has 0 aliphatic carbocycles. The molecule has 3 atom stereocenters. The summed E-state index contributed by atoms with van der Waals surface area (Å²) < 4.78 is 33.7. The predicted octanol–water partition coefficient (Wildman–Crippen LogP) is -6.43. The van der Waals surface area contributed by atoms with Gasteiger partial charge in [0.25, 0.3) is 11.8 Å². The maximum absolute atomic E-state index is 13.4. The number of fused-ring (bicyclic) bond motifs is 1. The Morgan fingerprint density at radius 1 is 1.07 bits per heavy atom. The summed E-state index contributed by atoms with van der Waals surface area (Å²) in [6.45, 7) is 0. The van der Waals surface area contributed by atoms with E-state index < -0.39 is 68.7 Å². The average Bonchev–Trinajstić information content (AvgIpc) is 2.96. The number of carbonyl (C=O) groups is 5. The second-order valence-corrected chi connectivity index (χ2v) is 11.8. The number of nitrogens with zero attached hydrogens (tertiary/aromatic N) is 2. The summed E-state index contributed by atoms with van der Waals surface area (Å²) in [6.07, 6.45) is 2.72. The number of imide groups is 1. The van der Waals surface area contributed by atoms with E-state index in [2.05, 4.69) is 10.6 Å². The Labute approximate surface area is 301 Å². The van der Waals surface area contributed by atoms with Gasteiger partial charge in [-0.25, -0.2) is 13.2 Å². The number of carbonyl (C=O) groups excluding carboxylic acids is 5. The van der Waals surface area contributed by atoms with E-state index in [1.54, 1.807) is 54.6 Å². The summed E-state index contributed by atoms with van der Waals surface area (Å²) in [6, 6.07) is 13.5. The van der Waals surface area contributed by atoms with Crippen molar-refractivity contribution in [1.82, 2.24) is 20.4 Å². The van der Waals surface area contributed by atoms with Crippen LogP contribution in [0.3, 0.4) is 0 Å². The van der Waals surface area contributed by atoms with Crippen molar-refractivity contribution in [2.24, 2.45) is 0 Å². The Morgan fingerprint density at radius 2 is 1.66 bits per heavy atom. The molecule has 2 heterocycles. The van der Waals surface area contributed by atoms with Gasteiger partial charge in [0.05, 0.1) is 27.5 Å². The third-order valence-corrected chi connectivity index (χ3v) is 8.45. The Balaban J connectivity index is 0.00000337. The number of β-lactam (4-membered cyclic amide) rings is 1. The van der Waals surface area contributed by atoms with Crippen LogP contribution in [0.1, 0.15) is 17.2 Å². The SMILES string of the molecule is CN(C(=O)C=Cc1ccccc1)C(=O)NC(C(=O)NC1C(=O)N2C(C(=O)[O-])=C(CS(=O)(=O)[O-])CS[C@@H]12)c1ccccc1.[Na+].[Na+]. The van der Waals surface area contributed by atoms with E-state index in [9.17, 15) is 42.0 Å². The number of carboxylic acids is 1. The van der Waals surface area contributed by atoms with Crippen LogP contribution in [0.5, 0.6) is 0 Å². The molecule has 2 aliphatic heterocycles. The van der Waals surface area contributed by atoms with Crippen molar-refractivity contribution < 1.29 is 101 Å². The van der Waals surface area contributed by atoms with E-state index in [1.165, 1.54) is 19.2 Å². The minimum absolute atomic E-state index is 0. The molecule has 4 rings (SSSR count). The largest absolute Gasteiger partial charge is 1.00 e. The van der Waals surface area contributed by atoms with Gasteiger partial charge in [-0.05, 0) is 22.8 Å². The number of amides is 5. The van der Waals surface area contributed by atoms with Crippen LogP contribution in [-0.2, 0) is 29.3 Å². The zero-order valence-corrected chi connectivity index (χ0v) is 29.6. The van der Waals surface area contributed by atoms with E-state index in [4.69, 9.17) is 0 Å². The molecule has 1 saturated heterocycles. The number of hydrogen-bond acceptors (Lipinski definition) is 10. The zero-order chi connectivity index (χ0) is 30.6. The molecule has 5 amide bonds. The van der Waals surface area contributed by atoms with Crippen LogP contribution in [0.4, 0.5) is 4.79 Å². The number of likely N-dealkylation sites (N-methyl/N-ethyl adjacent to an activating group) is 1. The summed E-state index contributed by atoms with van der Waals surface area (Å²) in [5.74, 6) is -5.48. The Morgan fingerprint density at radius 3 is 2.23 bits per heavy atom. The fourth-order valence-electron chi connectivity index (χ4n) is 4.34. The molecule has 2 aromatic carbocycles. The van der Waals surface area contributed by atoms with Gasteiger partial charge in [-0.15, -0.1) is 11.8 Å². The van der Waals surface area contributed by atoms with Crippen molar-refractivity contribution in [3.63, 3.8) is 0 Å². The Hall–Kier alpha value is -2.47. The van der Waals surface area contributed by atoms with Crippen LogP contribution < -0.4 is 74.9 Å². The number of thioether (sulfide) groups is 1. The van der Waals surface area contributed by atoms with Gasteiger partial charge in [0.1, 0.15) is 17.5 Å². The molecule has 220 valence electrons. The van der Waals surface area contributed by atoms with Gasteiger partial charge in [0.15, 0.2) is 0 Å². The maximum atomic E-state index is 13.4. The molecule has 1 fully saturated rings. The van der Waals surface area contributed by atoms with E-state index >= 15 is 0 Å². The number of carboxylic acid groups (broad SMARTS) is 1. The van der Waals surface area contributed by atoms with E-state index in [0.717, 1.165) is 27.1 Å². The van der Waals surface area contributed by atoms with E-state index in [0.29, 0.717) is 5.56 Å². The maximum Gasteiger partial charge on any atom is 1.00 e. The summed E-state index contributed by atoms with van der Waals surface area (Å²) in [4.78, 5) is 65.1. The van der Waals surface area contributed by atoms with Crippen LogP contribution in [0.25, 0.3) is 6.08 Å². The molecule has 2 unspecified atom stereocenters. The number of nitrogens with one attached hydrogen (secondary N) is 2. The first kappa shape index (κ1) is 37.7. The Kier molecular flexibility index (Phi) is 13.9. The summed E-state index contributed by atoms with van der Waals surface area (Å²) in [5.41, 5.74) is 0.0692. The van der Waals surface area contributed by atoms with Crippen LogP contribution in [0.2, 0.25) is 0 Å². The smallest absolute Gasteiger partial charge is 0.748 e. The molecule has 17 heteroatoms. The zero-order valence-electron chi connectivity index (χ0n) is 24.0. The molecule has 0 spiro atoms. The standard InChI is InChI=1S/C27H26N4O9S2.2Na/c1-30(19(32)13-12-16-8-4-2-5-9-16)27(37)29-20(17-10-6-3-7-11-17)23(33)28-21-24(34)31-22(26(35)36)18(14-41-25(21)31)15-42(38,39)40;;/h2-13,20-21,25H,14-15H2,1H3,(H,28,33)(H,29,37)(H,35,36)(H,38,39,40);;/q;2*+1/p-2/t20?,21?,25-;;/m0../s1. The van der Waals surface area contributed by atoms with Gasteiger partial charge < -0.3 is 25.1 Å². The number of benzene rings is 2. The molecule has 0 saturated carbocycles. The molecule has 2 N–H and O–H groups in total. The van der Waals surface area contributed by atoms with Crippen LogP contribution in [0.15, 0.2) is 78.0 Å². The van der Waals surface area contributed by atoms with Gasteiger partial charge in [-0.3, -0.25) is 24.2 Å². The summed E-state index contributed by atoms with van der Waals surface area (Å²) in [5, 5.41) is 15.8. The third-order valence-electron chi connectivity index (χ3n) is 6.41. The first-order chi connectivity index (χ1) is 19.9. The van der Waals surface area contributed by atoms with E-state index in [-0.39, 0.29) is 70.4 Å². The minimum Gasteiger partial charge on any atom is -0.748 e. The molecule has 0 radical (unpaired) electrons. The van der Waals surface area contributed by atoms with Crippen molar-refractivity contribution in [1.29, 1.82) is 0 Å². The van der Waals surface area contributed by atoms with Crippen LogP contribution in [-0.4, -0.2) is 82.5 Å². The fourth-order valence-corrected chi connectivity index (χ4v) is 6.48. The quantitative estimate of drug-likeness (QED) is 0.113. The molecular formula is C27H24N4Na2O9S2. The summed E-state index contributed by atoms with van der Waals surface area (Å²) >= 11 is 0.961. The van der Waals surface area contributed by atoms with E-state index in [1.807, 2.05) is 6.07 Å². The van der Waals surface area contributed by atoms with Crippen molar-refractivity contribution in [2.45, 2.75) is 17.5 Å².